The SMILES string of the molecule is CSCCCNCCN1CCNC1=O. The lowest BCUT2D eigenvalue weighted by Gasteiger charge is -2.13. The highest BCUT2D eigenvalue weighted by atomic mass is 32.2. The molecule has 0 bridgehead atoms. The van der Waals surface area contributed by atoms with Crippen LogP contribution in [0, 0.1) is 0 Å². The van der Waals surface area contributed by atoms with Crippen LogP contribution < -0.4 is 10.6 Å². The second-order valence-electron chi connectivity index (χ2n) is 3.32. The highest BCUT2D eigenvalue weighted by Crippen LogP contribution is 1.95. The molecule has 5 heteroatoms. The monoisotopic (exact) mass is 217 g/mol. The van der Waals surface area contributed by atoms with Crippen LogP contribution in [0.4, 0.5) is 4.79 Å². The molecule has 0 radical (unpaired) electrons. The summed E-state index contributed by atoms with van der Waals surface area (Å²) in [6, 6.07) is 0.0795. The van der Waals surface area contributed by atoms with Gasteiger partial charge in [-0.3, -0.25) is 0 Å². The van der Waals surface area contributed by atoms with Gasteiger partial charge < -0.3 is 15.5 Å². The number of carbonyl (C=O) groups excluding carboxylic acids is 1. The lowest BCUT2D eigenvalue weighted by Crippen LogP contribution is -2.35. The molecule has 14 heavy (non-hydrogen) atoms. The van der Waals surface area contributed by atoms with Crippen molar-refractivity contribution in [1.29, 1.82) is 0 Å². The number of nitrogens with zero attached hydrogens (tertiary/aromatic N) is 1. The Balaban J connectivity index is 1.90. The Morgan fingerprint density at radius 3 is 3.07 bits per heavy atom. The summed E-state index contributed by atoms with van der Waals surface area (Å²) in [5.74, 6) is 1.21. The summed E-state index contributed by atoms with van der Waals surface area (Å²) in [6.07, 6.45) is 3.32. The molecule has 1 fully saturated rings. The van der Waals surface area contributed by atoms with Crippen molar-refractivity contribution in [3.8, 4) is 0 Å². The maximum absolute atomic E-state index is 11.1. The molecule has 1 heterocycles. The van der Waals surface area contributed by atoms with Gasteiger partial charge in [0, 0.05) is 26.2 Å². The van der Waals surface area contributed by atoms with Gasteiger partial charge in [0.1, 0.15) is 0 Å². The van der Waals surface area contributed by atoms with Gasteiger partial charge in [-0.05, 0) is 25.0 Å². The van der Waals surface area contributed by atoms with Gasteiger partial charge in [0.2, 0.25) is 0 Å². The highest BCUT2D eigenvalue weighted by Gasteiger charge is 2.17. The van der Waals surface area contributed by atoms with Gasteiger partial charge in [-0.2, -0.15) is 11.8 Å². The number of nitrogens with one attached hydrogen (secondary N) is 2. The Labute approximate surface area is 89.8 Å². The number of hydrogen-bond donors (Lipinski definition) is 2. The van der Waals surface area contributed by atoms with Crippen molar-refractivity contribution in [2.75, 3.05) is 44.7 Å². The molecule has 0 spiro atoms. The molecule has 1 saturated heterocycles. The third kappa shape index (κ3) is 4.19. The minimum Gasteiger partial charge on any atom is -0.336 e. The maximum atomic E-state index is 11.1. The summed E-state index contributed by atoms with van der Waals surface area (Å²) in [5.41, 5.74) is 0. The van der Waals surface area contributed by atoms with E-state index < -0.39 is 0 Å². The zero-order chi connectivity index (χ0) is 10.2. The zero-order valence-electron chi connectivity index (χ0n) is 8.71. The third-order valence-corrected chi connectivity index (χ3v) is 2.90. The van der Waals surface area contributed by atoms with Crippen LogP contribution in [0.1, 0.15) is 6.42 Å². The molecule has 0 aromatic carbocycles. The second-order valence-corrected chi connectivity index (χ2v) is 4.30. The van der Waals surface area contributed by atoms with E-state index in [0.29, 0.717) is 0 Å². The first-order valence-corrected chi connectivity index (χ1v) is 6.46. The number of amides is 2. The van der Waals surface area contributed by atoms with Crippen LogP contribution in [0.2, 0.25) is 0 Å². The lowest BCUT2D eigenvalue weighted by molar-refractivity contribution is 0.217. The Morgan fingerprint density at radius 1 is 1.57 bits per heavy atom. The molecule has 0 unspecified atom stereocenters. The third-order valence-electron chi connectivity index (χ3n) is 2.21. The smallest absolute Gasteiger partial charge is 0.317 e. The molecule has 0 atom stereocenters. The molecule has 1 aliphatic heterocycles. The van der Waals surface area contributed by atoms with E-state index in [9.17, 15) is 4.79 Å². The molecular weight excluding hydrogens is 198 g/mol. The second kappa shape index (κ2) is 6.95. The summed E-state index contributed by atoms with van der Waals surface area (Å²) in [7, 11) is 0. The van der Waals surface area contributed by atoms with E-state index in [2.05, 4.69) is 16.9 Å². The first kappa shape index (κ1) is 11.7. The molecule has 1 aliphatic rings. The number of carbonyl (C=O) groups is 1. The number of hydrogen-bond acceptors (Lipinski definition) is 3. The fourth-order valence-corrected chi connectivity index (χ4v) is 1.84. The van der Waals surface area contributed by atoms with Crippen LogP contribution in [0.25, 0.3) is 0 Å². The molecule has 0 saturated carbocycles. The standard InChI is InChI=1S/C9H19N3OS/c1-14-8-2-3-10-4-6-12-7-5-11-9(12)13/h10H,2-8H2,1H3,(H,11,13). The topological polar surface area (TPSA) is 44.4 Å². The average molecular weight is 217 g/mol. The van der Waals surface area contributed by atoms with Gasteiger partial charge >= 0.3 is 6.03 Å². The van der Waals surface area contributed by atoms with E-state index in [1.807, 2.05) is 16.7 Å². The van der Waals surface area contributed by atoms with Crippen LogP contribution in [-0.2, 0) is 0 Å². The summed E-state index contributed by atoms with van der Waals surface area (Å²) < 4.78 is 0. The van der Waals surface area contributed by atoms with E-state index in [4.69, 9.17) is 0 Å². The van der Waals surface area contributed by atoms with E-state index in [0.717, 1.165) is 32.7 Å². The molecule has 2 N–H and O–H groups in total. The van der Waals surface area contributed by atoms with Crippen molar-refractivity contribution in [3.05, 3.63) is 0 Å². The fourth-order valence-electron chi connectivity index (χ4n) is 1.41. The van der Waals surface area contributed by atoms with Gasteiger partial charge in [-0.1, -0.05) is 0 Å². The van der Waals surface area contributed by atoms with E-state index in [1.165, 1.54) is 12.2 Å². The van der Waals surface area contributed by atoms with E-state index >= 15 is 0 Å². The van der Waals surface area contributed by atoms with Crippen LogP contribution >= 0.6 is 11.8 Å². The predicted molar refractivity (Wildman–Crippen MR) is 60.8 cm³/mol. The first-order valence-electron chi connectivity index (χ1n) is 5.07. The molecule has 4 nitrogen and oxygen atoms in total. The van der Waals surface area contributed by atoms with Crippen molar-refractivity contribution in [1.82, 2.24) is 15.5 Å². The van der Waals surface area contributed by atoms with Crippen LogP contribution in [0.3, 0.4) is 0 Å². The minimum absolute atomic E-state index is 0.0795. The molecule has 2 amide bonds. The fraction of sp³-hybridized carbons (Fsp3) is 0.889. The quantitative estimate of drug-likeness (QED) is 0.605. The van der Waals surface area contributed by atoms with Crippen LogP contribution in [0.5, 0.6) is 0 Å². The van der Waals surface area contributed by atoms with Crippen molar-refractivity contribution >= 4 is 17.8 Å². The number of rotatable bonds is 7. The van der Waals surface area contributed by atoms with Crippen LogP contribution in [0.15, 0.2) is 0 Å². The van der Waals surface area contributed by atoms with E-state index in [-0.39, 0.29) is 6.03 Å². The zero-order valence-corrected chi connectivity index (χ0v) is 9.53. The normalized spacial score (nSPS) is 16.1. The first-order chi connectivity index (χ1) is 6.84. The predicted octanol–water partition coefficient (Wildman–Crippen LogP) is 0.354. The van der Waals surface area contributed by atoms with Gasteiger partial charge in [-0.25, -0.2) is 4.79 Å². The Morgan fingerprint density at radius 2 is 2.43 bits per heavy atom. The van der Waals surface area contributed by atoms with Gasteiger partial charge in [0.15, 0.2) is 0 Å². The summed E-state index contributed by atoms with van der Waals surface area (Å²) in [6.45, 7) is 4.43. The lowest BCUT2D eigenvalue weighted by atomic mass is 10.4. The summed E-state index contributed by atoms with van der Waals surface area (Å²) in [4.78, 5) is 13.0. The number of thioether (sulfide) groups is 1. The molecule has 0 aliphatic carbocycles. The Bertz CT molecular complexity index is 177. The largest absolute Gasteiger partial charge is 0.336 e. The van der Waals surface area contributed by atoms with Crippen molar-refractivity contribution in [3.63, 3.8) is 0 Å². The maximum Gasteiger partial charge on any atom is 0.317 e. The van der Waals surface area contributed by atoms with Crippen molar-refractivity contribution < 1.29 is 4.79 Å². The van der Waals surface area contributed by atoms with E-state index in [1.54, 1.807) is 0 Å². The van der Waals surface area contributed by atoms with Crippen molar-refractivity contribution in [2.24, 2.45) is 0 Å². The number of urea groups is 1. The molecular formula is C9H19N3OS. The Hall–Kier alpha value is -0.420. The summed E-state index contributed by atoms with van der Waals surface area (Å²) >= 11 is 1.87. The van der Waals surface area contributed by atoms with Crippen LogP contribution in [-0.4, -0.2) is 55.7 Å². The summed E-state index contributed by atoms with van der Waals surface area (Å²) in [5, 5.41) is 6.12. The molecule has 0 aromatic heterocycles. The minimum atomic E-state index is 0.0795. The molecule has 1 rings (SSSR count). The van der Waals surface area contributed by atoms with Crippen molar-refractivity contribution in [2.45, 2.75) is 6.42 Å². The van der Waals surface area contributed by atoms with Gasteiger partial charge in [0.05, 0.1) is 0 Å². The van der Waals surface area contributed by atoms with Gasteiger partial charge in [0.25, 0.3) is 0 Å². The van der Waals surface area contributed by atoms with Gasteiger partial charge in [-0.15, -0.1) is 0 Å². The highest BCUT2D eigenvalue weighted by molar-refractivity contribution is 7.98. The molecule has 82 valence electrons. The Kier molecular flexibility index (Phi) is 5.78. The molecule has 0 aromatic rings. The average Bonchev–Trinajstić information content (AvgIpc) is 2.58.